The fraction of sp³-hybridized carbons (Fsp3) is 0. The molecule has 0 aliphatic carbocycles. The van der Waals surface area contributed by atoms with Crippen LogP contribution in [0.2, 0.25) is 0 Å². The van der Waals surface area contributed by atoms with Gasteiger partial charge in [0, 0.05) is 69.3 Å². The van der Waals surface area contributed by atoms with E-state index in [0.29, 0.717) is 0 Å². The topological polar surface area (TPSA) is 0 Å². The second kappa shape index (κ2) is 16.6. The number of rotatable bonds is 0. The molecule has 2 radical (unpaired) electrons. The molecule has 0 saturated carbocycles. The summed E-state index contributed by atoms with van der Waals surface area (Å²) in [7, 11) is 0. The molecule has 0 amide bonds. The molecule has 16 valence electrons. The van der Waals surface area contributed by atoms with Gasteiger partial charge in [-0.3, -0.25) is 0 Å². The first-order valence-corrected chi connectivity index (χ1v) is 0. The molecule has 0 bridgehead atoms. The molecular weight excluding hydrogens is 234 g/mol. The monoisotopic (exact) mass is 234 g/mol. The molecule has 0 aliphatic heterocycles. The fourth-order valence-corrected chi connectivity index (χ4v) is 0. The first-order valence-electron chi connectivity index (χ1n) is 0. The van der Waals surface area contributed by atoms with Crippen molar-refractivity contribution in [3.8, 4) is 0 Å². The molecule has 0 heterocycles. The van der Waals surface area contributed by atoms with E-state index in [4.69, 9.17) is 0 Å². The number of hydrogen-bond acceptors (Lipinski definition) is 0. The minimum absolute atomic E-state index is 0. The molecule has 0 aliphatic rings. The van der Waals surface area contributed by atoms with Crippen LogP contribution in [0.3, 0.4) is 0 Å². The zero-order chi connectivity index (χ0) is 0. The maximum Gasteiger partial charge on any atom is 2.00 e. The van der Waals surface area contributed by atoms with Crippen LogP contribution in [-0.2, 0) is 69.3 Å². The molecule has 0 aromatic rings. The van der Waals surface area contributed by atoms with Crippen LogP contribution in [0.15, 0.2) is 0 Å². The molecule has 0 nitrogen and oxygen atoms in total. The van der Waals surface area contributed by atoms with Gasteiger partial charge in [-0.2, -0.15) is 0 Å². The SMILES string of the molecule is [H-].[H-].[Mg+2].[Mn].[Y].[Zn]. The predicted octanol–water partition coefficient (Wildman–Crippen LogP) is -0.163. The summed E-state index contributed by atoms with van der Waals surface area (Å²) in [5.74, 6) is 0. The Balaban J connectivity index is 0. The summed E-state index contributed by atoms with van der Waals surface area (Å²) in [6.45, 7) is 0. The Kier molecular flexibility index (Phi) is 116. The van der Waals surface area contributed by atoms with Crippen LogP contribution in [0.4, 0.5) is 0 Å². The number of hydrogen-bond donors (Lipinski definition) is 0. The first kappa shape index (κ1) is 27.9. The van der Waals surface area contributed by atoms with E-state index in [2.05, 4.69) is 0 Å². The Morgan fingerprint density at radius 3 is 1.25 bits per heavy atom. The Bertz CT molecular complexity index is 13.5. The molecule has 0 fully saturated rings. The van der Waals surface area contributed by atoms with Gasteiger partial charge in [-0.15, -0.1) is 0 Å². The molecule has 0 spiro atoms. The Hall–Kier alpha value is 3.01. The molecule has 0 rings (SSSR count). The third kappa shape index (κ3) is 8.89. The first-order chi connectivity index (χ1) is 0. The van der Waals surface area contributed by atoms with E-state index < -0.39 is 0 Å². The third-order valence-electron chi connectivity index (χ3n) is 0. The molecule has 0 N–H and O–H groups in total. The minimum atomic E-state index is 0. The molecule has 0 atom stereocenters. The van der Waals surface area contributed by atoms with E-state index in [1.165, 1.54) is 0 Å². The molecule has 0 aromatic carbocycles. The molecule has 0 unspecified atom stereocenters. The van der Waals surface area contributed by atoms with Crippen molar-refractivity contribution in [3.63, 3.8) is 0 Å². The fourth-order valence-electron chi connectivity index (χ4n) is 0. The van der Waals surface area contributed by atoms with Crippen molar-refractivity contribution in [2.45, 2.75) is 0 Å². The average Bonchev–Trinajstić information content (AvgIpc) is 0. The van der Waals surface area contributed by atoms with Crippen molar-refractivity contribution < 1.29 is 72.1 Å². The largest absolute Gasteiger partial charge is 2.00 e. The Morgan fingerprint density at radius 2 is 1.25 bits per heavy atom. The van der Waals surface area contributed by atoms with Crippen molar-refractivity contribution in [3.05, 3.63) is 0 Å². The van der Waals surface area contributed by atoms with Gasteiger partial charge in [-0.05, 0) is 0 Å². The smallest absolute Gasteiger partial charge is 1.00 e. The minimum Gasteiger partial charge on any atom is -1.00 e. The van der Waals surface area contributed by atoms with Gasteiger partial charge >= 0.3 is 23.1 Å². The normalized spacial score (nSPS) is 0. The summed E-state index contributed by atoms with van der Waals surface area (Å²) < 4.78 is 0. The van der Waals surface area contributed by atoms with Crippen molar-refractivity contribution in [2.75, 3.05) is 0 Å². The van der Waals surface area contributed by atoms with Crippen LogP contribution in [0, 0.1) is 0 Å². The molecule has 0 saturated heterocycles. The summed E-state index contributed by atoms with van der Waals surface area (Å²) in [6.07, 6.45) is 0. The van der Waals surface area contributed by atoms with E-state index in [9.17, 15) is 0 Å². The van der Waals surface area contributed by atoms with Gasteiger partial charge < -0.3 is 2.85 Å². The van der Waals surface area contributed by atoms with Crippen LogP contribution in [0.25, 0.3) is 0 Å². The molecule has 4 heteroatoms. The van der Waals surface area contributed by atoms with Crippen molar-refractivity contribution in [2.24, 2.45) is 0 Å². The van der Waals surface area contributed by atoms with Crippen molar-refractivity contribution in [1.82, 2.24) is 0 Å². The molecular formula is H2MgMnYZn. The van der Waals surface area contributed by atoms with Crippen LogP contribution < -0.4 is 0 Å². The predicted molar refractivity (Wildman–Crippen MR) is 7.98 cm³/mol. The van der Waals surface area contributed by atoms with Crippen LogP contribution in [-0.4, -0.2) is 23.1 Å². The zero-order valence-corrected chi connectivity index (χ0v) is 10.8. The van der Waals surface area contributed by atoms with Gasteiger partial charge in [0.05, 0.1) is 0 Å². The van der Waals surface area contributed by atoms with Crippen molar-refractivity contribution in [1.29, 1.82) is 0 Å². The van der Waals surface area contributed by atoms with E-state index in [0.717, 1.165) is 0 Å². The Morgan fingerprint density at radius 1 is 1.25 bits per heavy atom. The summed E-state index contributed by atoms with van der Waals surface area (Å²) in [5.41, 5.74) is 0. The maximum absolute atomic E-state index is 0. The van der Waals surface area contributed by atoms with Gasteiger partial charge in [-0.1, -0.05) is 0 Å². The summed E-state index contributed by atoms with van der Waals surface area (Å²) >= 11 is 0. The van der Waals surface area contributed by atoms with E-state index in [-0.39, 0.29) is 95.2 Å². The third-order valence-corrected chi connectivity index (χ3v) is 0. The second-order valence-corrected chi connectivity index (χ2v) is 0. The van der Waals surface area contributed by atoms with E-state index >= 15 is 0 Å². The van der Waals surface area contributed by atoms with Crippen LogP contribution >= 0.6 is 0 Å². The Labute approximate surface area is 93.5 Å². The van der Waals surface area contributed by atoms with Gasteiger partial charge in [0.15, 0.2) is 0 Å². The van der Waals surface area contributed by atoms with Crippen LogP contribution in [0.5, 0.6) is 0 Å². The second-order valence-electron chi connectivity index (χ2n) is 0. The average molecular weight is 236 g/mol. The zero-order valence-electron chi connectivity index (χ0n) is 4.37. The van der Waals surface area contributed by atoms with Gasteiger partial charge in [0.25, 0.3) is 0 Å². The quantitative estimate of drug-likeness (QED) is 0.512. The van der Waals surface area contributed by atoms with Crippen LogP contribution in [0.1, 0.15) is 2.85 Å². The van der Waals surface area contributed by atoms with Gasteiger partial charge in [-0.25, -0.2) is 0 Å². The van der Waals surface area contributed by atoms with Gasteiger partial charge in [0.2, 0.25) is 0 Å². The molecule has 4 heavy (non-hydrogen) atoms. The summed E-state index contributed by atoms with van der Waals surface area (Å²) in [6, 6.07) is 0. The van der Waals surface area contributed by atoms with Crippen molar-refractivity contribution >= 4 is 23.1 Å². The summed E-state index contributed by atoms with van der Waals surface area (Å²) in [5, 5.41) is 0. The summed E-state index contributed by atoms with van der Waals surface area (Å²) in [4.78, 5) is 0. The molecule has 0 aromatic heterocycles. The van der Waals surface area contributed by atoms with E-state index in [1.54, 1.807) is 0 Å². The standard InChI is InChI=1S/Mg.Mn.Y.Zn.2H/q+2;;;;2*-1. The van der Waals surface area contributed by atoms with E-state index in [1.807, 2.05) is 0 Å². The maximum atomic E-state index is 0. The van der Waals surface area contributed by atoms with Gasteiger partial charge in [0.1, 0.15) is 0 Å².